The second-order valence-electron chi connectivity index (χ2n) is 7.67. The predicted octanol–water partition coefficient (Wildman–Crippen LogP) is 4.95. The first-order chi connectivity index (χ1) is 14.7. The first-order valence-corrected chi connectivity index (χ1v) is 10.4. The molecule has 3 rings (SSSR count). The Morgan fingerprint density at radius 1 is 1.13 bits per heavy atom. The molecule has 0 bridgehead atoms. The van der Waals surface area contributed by atoms with E-state index in [1.165, 1.54) is 4.90 Å². The van der Waals surface area contributed by atoms with E-state index < -0.39 is 0 Å². The lowest BCUT2D eigenvalue weighted by Crippen LogP contribution is -2.35. The van der Waals surface area contributed by atoms with Crippen LogP contribution in [0.1, 0.15) is 29.0 Å². The number of aryl methyl sites for hydroxylation is 4. The van der Waals surface area contributed by atoms with Gasteiger partial charge >= 0.3 is 0 Å². The third kappa shape index (κ3) is 5.73. The van der Waals surface area contributed by atoms with Crippen LogP contribution in [-0.4, -0.2) is 35.3 Å². The lowest BCUT2D eigenvalue weighted by molar-refractivity contribution is -0.133. The predicted molar refractivity (Wildman–Crippen MR) is 122 cm³/mol. The minimum Gasteiger partial charge on any atom is -0.441 e. The number of amides is 2. The molecule has 0 aliphatic carbocycles. The smallest absolute Gasteiger partial charge is 0.243 e. The third-order valence-corrected chi connectivity index (χ3v) is 5.32. The van der Waals surface area contributed by atoms with E-state index in [-0.39, 0.29) is 24.8 Å². The molecule has 2 amide bonds. The molecule has 6 nitrogen and oxygen atoms in total. The molecular formula is C24H26ClN3O3. The van der Waals surface area contributed by atoms with Gasteiger partial charge < -0.3 is 14.6 Å². The van der Waals surface area contributed by atoms with Crippen LogP contribution in [0.25, 0.3) is 11.3 Å². The number of aromatic nitrogens is 1. The van der Waals surface area contributed by atoms with Crippen molar-refractivity contribution in [2.75, 3.05) is 18.9 Å². The minimum atomic E-state index is -0.233. The highest BCUT2D eigenvalue weighted by Gasteiger charge is 2.16. The number of anilines is 1. The van der Waals surface area contributed by atoms with Gasteiger partial charge in [0, 0.05) is 31.1 Å². The van der Waals surface area contributed by atoms with Crippen LogP contribution in [0.15, 0.2) is 47.0 Å². The molecule has 0 atom stereocenters. The number of hydrogen-bond acceptors (Lipinski definition) is 4. The highest BCUT2D eigenvalue weighted by atomic mass is 35.5. The molecule has 3 aromatic rings. The first-order valence-electron chi connectivity index (χ1n) is 10.1. The van der Waals surface area contributed by atoms with Crippen molar-refractivity contribution in [3.8, 4) is 11.3 Å². The average molecular weight is 440 g/mol. The van der Waals surface area contributed by atoms with Gasteiger partial charge in [0.15, 0.2) is 11.7 Å². The largest absolute Gasteiger partial charge is 0.441 e. The van der Waals surface area contributed by atoms with Gasteiger partial charge in [-0.3, -0.25) is 9.59 Å². The number of carbonyl (C=O) groups excluding carboxylic acids is 2. The third-order valence-electron chi connectivity index (χ3n) is 4.99. The Balaban J connectivity index is 1.53. The summed E-state index contributed by atoms with van der Waals surface area (Å²) in [6, 6.07) is 11.4. The molecule has 1 heterocycles. The van der Waals surface area contributed by atoms with E-state index in [0.29, 0.717) is 23.1 Å². The number of likely N-dealkylation sites (N-methyl/N-ethyl adjacent to an activating group) is 1. The Hall–Kier alpha value is -3.12. The van der Waals surface area contributed by atoms with Crippen molar-refractivity contribution in [3.05, 3.63) is 70.2 Å². The summed E-state index contributed by atoms with van der Waals surface area (Å²) in [5.74, 6) is 0.615. The molecule has 2 aromatic carbocycles. The molecule has 7 heteroatoms. The maximum Gasteiger partial charge on any atom is 0.243 e. The fourth-order valence-electron chi connectivity index (χ4n) is 3.48. The Kier molecular flexibility index (Phi) is 7.13. The lowest BCUT2D eigenvalue weighted by atomic mass is 10.1. The standard InChI is InChI=1S/C24H26ClN3O3/c1-15-11-16(2)24(17(3)12-15)27-21(29)14-28(4)23(30)10-9-22-26-13-20(31-22)18-7-5-6-8-19(18)25/h5-8,11-13H,9-10,14H2,1-4H3,(H,27,29). The first kappa shape index (κ1) is 22.6. The van der Waals surface area contributed by atoms with Crippen molar-refractivity contribution >= 4 is 29.1 Å². The van der Waals surface area contributed by atoms with Crippen molar-refractivity contribution in [1.29, 1.82) is 0 Å². The molecule has 31 heavy (non-hydrogen) atoms. The van der Waals surface area contributed by atoms with Crippen molar-refractivity contribution in [2.45, 2.75) is 33.6 Å². The van der Waals surface area contributed by atoms with Gasteiger partial charge in [0.05, 0.1) is 17.8 Å². The van der Waals surface area contributed by atoms with Crippen molar-refractivity contribution in [2.24, 2.45) is 0 Å². The summed E-state index contributed by atoms with van der Waals surface area (Å²) in [5.41, 5.74) is 4.69. The van der Waals surface area contributed by atoms with Gasteiger partial charge in [-0.1, -0.05) is 41.4 Å². The number of carbonyl (C=O) groups is 2. The van der Waals surface area contributed by atoms with E-state index >= 15 is 0 Å². The summed E-state index contributed by atoms with van der Waals surface area (Å²) >= 11 is 6.18. The molecule has 0 unspecified atom stereocenters. The van der Waals surface area contributed by atoms with Crippen LogP contribution in [0, 0.1) is 20.8 Å². The Morgan fingerprint density at radius 3 is 2.48 bits per heavy atom. The Labute approximate surface area is 187 Å². The maximum atomic E-state index is 12.5. The zero-order valence-corrected chi connectivity index (χ0v) is 18.9. The van der Waals surface area contributed by atoms with Crippen LogP contribution in [0.4, 0.5) is 5.69 Å². The molecule has 0 spiro atoms. The lowest BCUT2D eigenvalue weighted by Gasteiger charge is -2.18. The molecular weight excluding hydrogens is 414 g/mol. The second-order valence-corrected chi connectivity index (χ2v) is 8.08. The van der Waals surface area contributed by atoms with Crippen LogP contribution in [0.2, 0.25) is 5.02 Å². The molecule has 0 aliphatic heterocycles. The highest BCUT2D eigenvalue weighted by Crippen LogP contribution is 2.28. The van der Waals surface area contributed by atoms with Gasteiger partial charge in [-0.2, -0.15) is 0 Å². The number of nitrogens with zero attached hydrogens (tertiary/aromatic N) is 2. The van der Waals surface area contributed by atoms with Crippen LogP contribution in [0.5, 0.6) is 0 Å². The fourth-order valence-corrected chi connectivity index (χ4v) is 3.70. The Bertz CT molecular complexity index is 1080. The molecule has 0 fully saturated rings. The van der Waals surface area contributed by atoms with E-state index in [1.54, 1.807) is 19.3 Å². The summed E-state index contributed by atoms with van der Waals surface area (Å²) < 4.78 is 5.73. The van der Waals surface area contributed by atoms with Crippen molar-refractivity contribution in [3.63, 3.8) is 0 Å². The molecule has 0 saturated heterocycles. The number of hydrogen-bond donors (Lipinski definition) is 1. The monoisotopic (exact) mass is 439 g/mol. The number of oxazole rings is 1. The van der Waals surface area contributed by atoms with Crippen molar-refractivity contribution < 1.29 is 14.0 Å². The zero-order valence-electron chi connectivity index (χ0n) is 18.2. The SMILES string of the molecule is Cc1cc(C)c(NC(=O)CN(C)C(=O)CCc2ncc(-c3ccccc3Cl)o2)c(C)c1. The van der Waals surface area contributed by atoms with E-state index in [2.05, 4.69) is 10.3 Å². The summed E-state index contributed by atoms with van der Waals surface area (Å²) in [4.78, 5) is 30.5. The quantitative estimate of drug-likeness (QED) is 0.565. The molecule has 0 saturated carbocycles. The number of halogens is 1. The summed E-state index contributed by atoms with van der Waals surface area (Å²) in [7, 11) is 1.61. The van der Waals surface area contributed by atoms with Gasteiger partial charge in [0.2, 0.25) is 11.8 Å². The van der Waals surface area contributed by atoms with Crippen LogP contribution < -0.4 is 5.32 Å². The Morgan fingerprint density at radius 2 is 1.81 bits per heavy atom. The van der Waals surface area contributed by atoms with Gasteiger partial charge in [-0.25, -0.2) is 4.98 Å². The normalized spacial score (nSPS) is 10.7. The van der Waals surface area contributed by atoms with E-state index in [0.717, 1.165) is 27.9 Å². The second kappa shape index (κ2) is 9.79. The summed E-state index contributed by atoms with van der Waals surface area (Å²) in [6.45, 7) is 5.90. The highest BCUT2D eigenvalue weighted by molar-refractivity contribution is 6.33. The average Bonchev–Trinajstić information content (AvgIpc) is 3.18. The van der Waals surface area contributed by atoms with Gasteiger partial charge in [0.1, 0.15) is 0 Å². The van der Waals surface area contributed by atoms with Crippen LogP contribution in [0.3, 0.4) is 0 Å². The fraction of sp³-hybridized carbons (Fsp3) is 0.292. The number of nitrogens with one attached hydrogen (secondary N) is 1. The van der Waals surface area contributed by atoms with E-state index in [4.69, 9.17) is 16.0 Å². The van der Waals surface area contributed by atoms with Gasteiger partial charge in [0.25, 0.3) is 0 Å². The summed E-state index contributed by atoms with van der Waals surface area (Å²) in [6.07, 6.45) is 2.13. The number of benzene rings is 2. The molecule has 0 aliphatic rings. The molecule has 0 radical (unpaired) electrons. The van der Waals surface area contributed by atoms with Crippen LogP contribution >= 0.6 is 11.6 Å². The van der Waals surface area contributed by atoms with Gasteiger partial charge in [-0.05, 0) is 44.0 Å². The van der Waals surface area contributed by atoms with Gasteiger partial charge in [-0.15, -0.1) is 0 Å². The topological polar surface area (TPSA) is 75.4 Å². The van der Waals surface area contributed by atoms with E-state index in [1.807, 2.05) is 51.1 Å². The molecule has 1 N–H and O–H groups in total. The van der Waals surface area contributed by atoms with Crippen molar-refractivity contribution in [1.82, 2.24) is 9.88 Å². The van der Waals surface area contributed by atoms with E-state index in [9.17, 15) is 9.59 Å². The molecule has 162 valence electrons. The summed E-state index contributed by atoms with van der Waals surface area (Å²) in [5, 5.41) is 3.49. The zero-order chi connectivity index (χ0) is 22.5. The van der Waals surface area contributed by atoms with Crippen LogP contribution in [-0.2, 0) is 16.0 Å². The molecule has 1 aromatic heterocycles. The number of rotatable bonds is 7. The maximum absolute atomic E-state index is 12.5. The minimum absolute atomic E-state index is 0.0257.